The van der Waals surface area contributed by atoms with Gasteiger partial charge >= 0.3 is 0 Å². The van der Waals surface area contributed by atoms with Crippen molar-refractivity contribution in [3.63, 3.8) is 0 Å². The smallest absolute Gasteiger partial charge is 0.137 e. The molecule has 0 fully saturated rings. The van der Waals surface area contributed by atoms with E-state index >= 15 is 0 Å². The molecule has 1 aromatic heterocycles. The molecule has 0 atom stereocenters. The van der Waals surface area contributed by atoms with Crippen LogP contribution in [0.25, 0.3) is 33.1 Å². The summed E-state index contributed by atoms with van der Waals surface area (Å²) in [5, 5.41) is 3.85. The van der Waals surface area contributed by atoms with Crippen LogP contribution in [-0.4, -0.2) is 0 Å². The fourth-order valence-electron chi connectivity index (χ4n) is 3.63. The molecule has 0 amide bonds. The summed E-state index contributed by atoms with van der Waals surface area (Å²) in [5.41, 5.74) is 5.78. The number of hydrazine groups is 1. The van der Waals surface area contributed by atoms with E-state index in [-0.39, 0.29) is 0 Å². The highest BCUT2D eigenvalue weighted by Crippen LogP contribution is 2.39. The van der Waals surface area contributed by atoms with E-state index in [1.54, 1.807) is 5.01 Å². The Labute approximate surface area is 157 Å². The maximum Gasteiger partial charge on any atom is 0.137 e. The van der Waals surface area contributed by atoms with Crippen LogP contribution >= 0.6 is 0 Å². The van der Waals surface area contributed by atoms with Gasteiger partial charge in [-0.05, 0) is 29.8 Å². The van der Waals surface area contributed by atoms with Crippen LogP contribution in [0.3, 0.4) is 0 Å². The number of para-hydroxylation sites is 2. The first-order chi connectivity index (χ1) is 13.3. The molecular formula is C24H18N2O. The van der Waals surface area contributed by atoms with E-state index < -0.39 is 0 Å². The SMILES string of the molecule is NN(c1ccccc1-c1ccccc1)c1cccc2oc3ccccc3c12. The van der Waals surface area contributed by atoms with Gasteiger partial charge in [0.2, 0.25) is 0 Å². The molecule has 2 N–H and O–H groups in total. The standard InChI is InChI=1S/C24H18N2O/c25-26(20-13-6-4-11-18(20)17-9-2-1-3-10-17)21-14-8-16-23-24(21)19-12-5-7-15-22(19)27-23/h1-16H,25H2. The van der Waals surface area contributed by atoms with Crippen LogP contribution in [0.15, 0.2) is 101 Å². The number of fused-ring (bicyclic) bond motifs is 3. The molecule has 0 spiro atoms. The number of nitrogens with zero attached hydrogens (tertiary/aromatic N) is 1. The van der Waals surface area contributed by atoms with E-state index in [0.717, 1.165) is 44.4 Å². The predicted octanol–water partition coefficient (Wildman–Crippen LogP) is 6.26. The van der Waals surface area contributed by atoms with E-state index in [9.17, 15) is 0 Å². The van der Waals surface area contributed by atoms with Gasteiger partial charge in [-0.2, -0.15) is 0 Å². The fraction of sp³-hybridized carbons (Fsp3) is 0. The van der Waals surface area contributed by atoms with Crippen LogP contribution in [0.5, 0.6) is 0 Å². The van der Waals surface area contributed by atoms with Crippen molar-refractivity contribution in [2.45, 2.75) is 0 Å². The van der Waals surface area contributed by atoms with Gasteiger partial charge < -0.3 is 4.42 Å². The van der Waals surface area contributed by atoms with E-state index in [2.05, 4.69) is 24.3 Å². The summed E-state index contributed by atoms with van der Waals surface area (Å²) in [5.74, 6) is 6.66. The zero-order valence-corrected chi connectivity index (χ0v) is 14.7. The molecule has 0 aliphatic heterocycles. The van der Waals surface area contributed by atoms with Crippen molar-refractivity contribution >= 4 is 33.3 Å². The van der Waals surface area contributed by atoms with Crippen molar-refractivity contribution in [3.8, 4) is 11.1 Å². The Morgan fingerprint density at radius 1 is 0.593 bits per heavy atom. The summed E-state index contributed by atoms with van der Waals surface area (Å²) >= 11 is 0. The van der Waals surface area contributed by atoms with Gasteiger partial charge in [-0.15, -0.1) is 0 Å². The Hall–Kier alpha value is -3.56. The van der Waals surface area contributed by atoms with Crippen LogP contribution < -0.4 is 10.9 Å². The van der Waals surface area contributed by atoms with Crippen LogP contribution in [-0.2, 0) is 0 Å². The molecule has 1 heterocycles. The van der Waals surface area contributed by atoms with Crippen molar-refractivity contribution in [2.24, 2.45) is 5.84 Å². The molecule has 3 heteroatoms. The van der Waals surface area contributed by atoms with Crippen LogP contribution in [0.4, 0.5) is 11.4 Å². The average molecular weight is 350 g/mol. The van der Waals surface area contributed by atoms with E-state index in [1.165, 1.54) is 0 Å². The lowest BCUT2D eigenvalue weighted by atomic mass is 10.0. The fourth-order valence-corrected chi connectivity index (χ4v) is 3.63. The Balaban J connectivity index is 1.73. The zero-order chi connectivity index (χ0) is 18.2. The van der Waals surface area contributed by atoms with Crippen molar-refractivity contribution in [2.75, 3.05) is 5.01 Å². The lowest BCUT2D eigenvalue weighted by Gasteiger charge is -2.23. The highest BCUT2D eigenvalue weighted by molar-refractivity contribution is 6.12. The second-order valence-corrected chi connectivity index (χ2v) is 6.50. The molecule has 0 saturated carbocycles. The Kier molecular flexibility index (Phi) is 3.66. The summed E-state index contributed by atoms with van der Waals surface area (Å²) in [7, 11) is 0. The largest absolute Gasteiger partial charge is 0.456 e. The number of hydrogen-bond donors (Lipinski definition) is 1. The van der Waals surface area contributed by atoms with Crippen LogP contribution in [0, 0.1) is 0 Å². The second-order valence-electron chi connectivity index (χ2n) is 6.50. The van der Waals surface area contributed by atoms with Crippen molar-refractivity contribution < 1.29 is 4.42 Å². The zero-order valence-electron chi connectivity index (χ0n) is 14.7. The molecule has 0 aliphatic rings. The number of rotatable bonds is 3. The number of furan rings is 1. The third kappa shape index (κ3) is 2.57. The molecule has 27 heavy (non-hydrogen) atoms. The van der Waals surface area contributed by atoms with Gasteiger partial charge in [0.15, 0.2) is 0 Å². The topological polar surface area (TPSA) is 42.4 Å². The summed E-state index contributed by atoms with van der Waals surface area (Å²) in [6.45, 7) is 0. The molecule has 5 rings (SSSR count). The first-order valence-electron chi connectivity index (χ1n) is 8.92. The predicted molar refractivity (Wildman–Crippen MR) is 112 cm³/mol. The molecule has 130 valence electrons. The summed E-state index contributed by atoms with van der Waals surface area (Å²) in [4.78, 5) is 0. The van der Waals surface area contributed by atoms with Gasteiger partial charge in [0.25, 0.3) is 0 Å². The maximum absolute atomic E-state index is 6.66. The number of benzene rings is 4. The lowest BCUT2D eigenvalue weighted by molar-refractivity contribution is 0.669. The summed E-state index contributed by atoms with van der Waals surface area (Å²) in [6, 6.07) is 32.5. The minimum atomic E-state index is 0.835. The Bertz CT molecular complexity index is 1240. The van der Waals surface area contributed by atoms with Crippen LogP contribution in [0.1, 0.15) is 0 Å². The number of anilines is 2. The van der Waals surface area contributed by atoms with Gasteiger partial charge in [0, 0.05) is 10.9 Å². The molecular weight excluding hydrogens is 332 g/mol. The normalized spacial score (nSPS) is 11.1. The van der Waals surface area contributed by atoms with Crippen molar-refractivity contribution in [3.05, 3.63) is 97.1 Å². The van der Waals surface area contributed by atoms with Crippen molar-refractivity contribution in [1.82, 2.24) is 0 Å². The van der Waals surface area contributed by atoms with E-state index in [4.69, 9.17) is 10.3 Å². The number of nitrogens with two attached hydrogens (primary N) is 1. The minimum absolute atomic E-state index is 0.835. The third-order valence-corrected chi connectivity index (χ3v) is 4.89. The molecule has 0 bridgehead atoms. The first kappa shape index (κ1) is 15.7. The van der Waals surface area contributed by atoms with Gasteiger partial charge in [-0.3, -0.25) is 5.01 Å². The highest BCUT2D eigenvalue weighted by atomic mass is 16.3. The Morgan fingerprint density at radius 3 is 2.15 bits per heavy atom. The molecule has 4 aromatic carbocycles. The van der Waals surface area contributed by atoms with Crippen LogP contribution in [0.2, 0.25) is 0 Å². The molecule has 0 aliphatic carbocycles. The Morgan fingerprint density at radius 2 is 1.26 bits per heavy atom. The quantitative estimate of drug-likeness (QED) is 0.308. The van der Waals surface area contributed by atoms with Gasteiger partial charge in [-0.25, -0.2) is 5.84 Å². The first-order valence-corrected chi connectivity index (χ1v) is 8.92. The second kappa shape index (κ2) is 6.31. The molecule has 0 unspecified atom stereocenters. The van der Waals surface area contributed by atoms with E-state index in [0.29, 0.717) is 0 Å². The highest BCUT2D eigenvalue weighted by Gasteiger charge is 2.17. The van der Waals surface area contributed by atoms with E-state index in [1.807, 2.05) is 72.8 Å². The average Bonchev–Trinajstić information content (AvgIpc) is 3.13. The lowest BCUT2D eigenvalue weighted by Crippen LogP contribution is -2.25. The monoisotopic (exact) mass is 350 g/mol. The maximum atomic E-state index is 6.66. The summed E-state index contributed by atoms with van der Waals surface area (Å²) in [6.07, 6.45) is 0. The third-order valence-electron chi connectivity index (χ3n) is 4.89. The molecule has 5 aromatic rings. The van der Waals surface area contributed by atoms with Gasteiger partial charge in [0.05, 0.1) is 16.8 Å². The number of hydrogen-bond acceptors (Lipinski definition) is 3. The van der Waals surface area contributed by atoms with Crippen molar-refractivity contribution in [1.29, 1.82) is 0 Å². The molecule has 3 nitrogen and oxygen atoms in total. The van der Waals surface area contributed by atoms with Gasteiger partial charge in [0.1, 0.15) is 11.2 Å². The summed E-state index contributed by atoms with van der Waals surface area (Å²) < 4.78 is 6.01. The molecule has 0 saturated heterocycles. The molecule has 0 radical (unpaired) electrons. The minimum Gasteiger partial charge on any atom is -0.456 e. The van der Waals surface area contributed by atoms with Gasteiger partial charge in [-0.1, -0.05) is 72.8 Å².